The van der Waals surface area contributed by atoms with E-state index in [9.17, 15) is 9.59 Å². The van der Waals surface area contributed by atoms with Crippen molar-refractivity contribution in [3.63, 3.8) is 0 Å². The maximum absolute atomic E-state index is 11.8. The van der Waals surface area contributed by atoms with E-state index < -0.39 is 5.97 Å². The first-order valence-electron chi connectivity index (χ1n) is 8.59. The van der Waals surface area contributed by atoms with E-state index in [0.717, 1.165) is 42.7 Å². The van der Waals surface area contributed by atoms with E-state index in [0.29, 0.717) is 5.75 Å². The van der Waals surface area contributed by atoms with Crippen LogP contribution in [0.3, 0.4) is 0 Å². The average molecular weight is 333 g/mol. The Hall–Kier alpha value is -2.04. The molecule has 0 unspecified atom stereocenters. The van der Waals surface area contributed by atoms with Crippen molar-refractivity contribution in [3.8, 4) is 5.75 Å². The molecule has 1 N–H and O–H groups in total. The van der Waals surface area contributed by atoms with Gasteiger partial charge in [-0.15, -0.1) is 0 Å². The predicted molar refractivity (Wildman–Crippen MR) is 91.9 cm³/mol. The molecule has 5 heteroatoms. The van der Waals surface area contributed by atoms with Gasteiger partial charge in [0.05, 0.1) is 0 Å². The summed E-state index contributed by atoms with van der Waals surface area (Å²) in [6.45, 7) is 5.66. The number of nitrogens with one attached hydrogen (secondary N) is 1. The highest BCUT2D eigenvalue weighted by Crippen LogP contribution is 2.23. The molecule has 1 fully saturated rings. The highest BCUT2D eigenvalue weighted by molar-refractivity contribution is 5.81. The van der Waals surface area contributed by atoms with Crippen LogP contribution in [0.15, 0.2) is 18.2 Å². The molecule has 1 aliphatic rings. The summed E-state index contributed by atoms with van der Waals surface area (Å²) in [6.07, 6.45) is 4.26. The van der Waals surface area contributed by atoms with Gasteiger partial charge in [-0.05, 0) is 62.6 Å². The highest BCUT2D eigenvalue weighted by Gasteiger charge is 2.20. The van der Waals surface area contributed by atoms with Crippen LogP contribution in [0, 0.1) is 19.8 Å². The van der Waals surface area contributed by atoms with Crippen molar-refractivity contribution in [3.05, 3.63) is 29.3 Å². The molecular weight excluding hydrogens is 306 g/mol. The molecule has 132 valence electrons. The van der Waals surface area contributed by atoms with Gasteiger partial charge in [0.25, 0.3) is 5.91 Å². The summed E-state index contributed by atoms with van der Waals surface area (Å²) in [5.41, 5.74) is 2.02. The fourth-order valence-electron chi connectivity index (χ4n) is 2.86. The lowest BCUT2D eigenvalue weighted by atomic mass is 9.87. The molecule has 0 spiro atoms. The number of hydrogen-bond acceptors (Lipinski definition) is 4. The van der Waals surface area contributed by atoms with Gasteiger partial charge in [0, 0.05) is 6.04 Å². The third-order valence-corrected chi connectivity index (χ3v) is 4.43. The summed E-state index contributed by atoms with van der Waals surface area (Å²) < 4.78 is 10.4. The van der Waals surface area contributed by atoms with Crippen LogP contribution < -0.4 is 10.1 Å². The minimum Gasteiger partial charge on any atom is -0.482 e. The number of amides is 1. The minimum atomic E-state index is -0.539. The summed E-state index contributed by atoms with van der Waals surface area (Å²) in [5.74, 6) is 0.615. The van der Waals surface area contributed by atoms with Crippen molar-refractivity contribution in [1.29, 1.82) is 0 Å². The van der Waals surface area contributed by atoms with E-state index in [-0.39, 0.29) is 25.2 Å². The van der Waals surface area contributed by atoms with Crippen LogP contribution >= 0.6 is 0 Å². The molecule has 1 aromatic rings. The molecule has 0 heterocycles. The Morgan fingerprint density at radius 3 is 2.54 bits per heavy atom. The number of rotatable bonds is 6. The lowest BCUT2D eigenvalue weighted by molar-refractivity contribution is -0.150. The zero-order valence-corrected chi connectivity index (χ0v) is 14.8. The second-order valence-corrected chi connectivity index (χ2v) is 6.74. The largest absolute Gasteiger partial charge is 0.482 e. The van der Waals surface area contributed by atoms with Crippen LogP contribution in [-0.2, 0) is 14.3 Å². The Morgan fingerprint density at radius 1 is 1.12 bits per heavy atom. The summed E-state index contributed by atoms with van der Waals surface area (Å²) in [4.78, 5) is 23.6. The number of esters is 1. The molecular formula is C19H27NO4. The molecule has 0 aliphatic heterocycles. The Kier molecular flexibility index (Phi) is 6.64. The number of hydrogen-bond donors (Lipinski definition) is 1. The van der Waals surface area contributed by atoms with Crippen molar-refractivity contribution in [2.45, 2.75) is 52.5 Å². The van der Waals surface area contributed by atoms with Crippen LogP contribution in [-0.4, -0.2) is 31.1 Å². The molecule has 1 aliphatic carbocycles. The minimum absolute atomic E-state index is 0.196. The molecule has 0 atom stereocenters. The molecule has 0 saturated heterocycles. The van der Waals surface area contributed by atoms with Crippen LogP contribution in [0.1, 0.15) is 43.7 Å². The zero-order chi connectivity index (χ0) is 17.5. The van der Waals surface area contributed by atoms with Crippen molar-refractivity contribution in [2.24, 2.45) is 5.92 Å². The first-order chi connectivity index (χ1) is 11.4. The van der Waals surface area contributed by atoms with Crippen LogP contribution in [0.25, 0.3) is 0 Å². The van der Waals surface area contributed by atoms with Gasteiger partial charge in [-0.1, -0.05) is 19.1 Å². The summed E-state index contributed by atoms with van der Waals surface area (Å²) in [7, 11) is 0. The van der Waals surface area contributed by atoms with Gasteiger partial charge in [-0.25, -0.2) is 4.79 Å². The van der Waals surface area contributed by atoms with E-state index in [1.807, 2.05) is 32.0 Å². The summed E-state index contributed by atoms with van der Waals surface area (Å²) in [5, 5.41) is 2.93. The van der Waals surface area contributed by atoms with E-state index in [1.165, 1.54) is 0 Å². The molecule has 24 heavy (non-hydrogen) atoms. The van der Waals surface area contributed by atoms with Crippen LogP contribution in [0.5, 0.6) is 5.75 Å². The second-order valence-electron chi connectivity index (χ2n) is 6.74. The SMILES string of the molecule is Cc1ccc(C)c(OCC(=O)OCC(=O)NC2CCC(C)CC2)c1. The predicted octanol–water partition coefficient (Wildman–Crippen LogP) is 2.92. The van der Waals surface area contributed by atoms with Gasteiger partial charge in [-0.3, -0.25) is 4.79 Å². The third-order valence-electron chi connectivity index (χ3n) is 4.43. The molecule has 0 aromatic heterocycles. The smallest absolute Gasteiger partial charge is 0.344 e. The molecule has 1 amide bonds. The number of ether oxygens (including phenoxy) is 2. The number of aryl methyl sites for hydroxylation is 2. The van der Waals surface area contributed by atoms with Crippen molar-refractivity contribution in [2.75, 3.05) is 13.2 Å². The van der Waals surface area contributed by atoms with Gasteiger partial charge in [0.15, 0.2) is 13.2 Å². The molecule has 5 nitrogen and oxygen atoms in total. The Balaban J connectivity index is 1.67. The van der Waals surface area contributed by atoms with E-state index in [2.05, 4.69) is 12.2 Å². The van der Waals surface area contributed by atoms with Gasteiger partial charge >= 0.3 is 5.97 Å². The first-order valence-corrected chi connectivity index (χ1v) is 8.59. The Morgan fingerprint density at radius 2 is 1.83 bits per heavy atom. The maximum Gasteiger partial charge on any atom is 0.344 e. The Labute approximate surface area is 143 Å². The van der Waals surface area contributed by atoms with Crippen molar-refractivity contribution in [1.82, 2.24) is 5.32 Å². The molecule has 2 rings (SSSR count). The summed E-state index contributed by atoms with van der Waals surface area (Å²) >= 11 is 0. The normalized spacial score (nSPS) is 20.3. The van der Waals surface area contributed by atoms with E-state index >= 15 is 0 Å². The van der Waals surface area contributed by atoms with E-state index in [1.54, 1.807) is 0 Å². The zero-order valence-electron chi connectivity index (χ0n) is 14.8. The van der Waals surface area contributed by atoms with Crippen molar-refractivity contribution >= 4 is 11.9 Å². The standard InChI is InChI=1S/C19H27NO4/c1-13-5-8-16(9-6-13)20-18(21)11-24-19(22)12-23-17-10-14(2)4-7-15(17)3/h4,7,10,13,16H,5-6,8-9,11-12H2,1-3H3,(H,20,21). The second kappa shape index (κ2) is 8.71. The lowest BCUT2D eigenvalue weighted by Crippen LogP contribution is -2.39. The average Bonchev–Trinajstić information content (AvgIpc) is 2.56. The van der Waals surface area contributed by atoms with Crippen LogP contribution in [0.4, 0.5) is 0 Å². The Bertz CT molecular complexity index is 577. The highest BCUT2D eigenvalue weighted by atomic mass is 16.6. The number of carbonyl (C=O) groups is 2. The van der Waals surface area contributed by atoms with Gasteiger partial charge in [-0.2, -0.15) is 0 Å². The van der Waals surface area contributed by atoms with E-state index in [4.69, 9.17) is 9.47 Å². The first kappa shape index (κ1) is 18.3. The molecule has 0 radical (unpaired) electrons. The third kappa shape index (κ3) is 5.87. The summed E-state index contributed by atoms with van der Waals surface area (Å²) in [6, 6.07) is 6.00. The van der Waals surface area contributed by atoms with Crippen molar-refractivity contribution < 1.29 is 19.1 Å². The monoisotopic (exact) mass is 333 g/mol. The van der Waals surface area contributed by atoms with Gasteiger partial charge < -0.3 is 14.8 Å². The quantitative estimate of drug-likeness (QED) is 0.813. The fraction of sp³-hybridized carbons (Fsp3) is 0.579. The number of benzene rings is 1. The molecule has 1 saturated carbocycles. The molecule has 0 bridgehead atoms. The van der Waals surface area contributed by atoms with Gasteiger partial charge in [0.1, 0.15) is 5.75 Å². The van der Waals surface area contributed by atoms with Crippen LogP contribution in [0.2, 0.25) is 0 Å². The number of carbonyl (C=O) groups excluding carboxylic acids is 2. The molecule has 1 aromatic carbocycles. The maximum atomic E-state index is 11.8. The lowest BCUT2D eigenvalue weighted by Gasteiger charge is -2.26. The topological polar surface area (TPSA) is 64.6 Å². The van der Waals surface area contributed by atoms with Gasteiger partial charge in [0.2, 0.25) is 0 Å². The fourth-order valence-corrected chi connectivity index (χ4v) is 2.86.